The number of hydrogen-bond acceptors (Lipinski definition) is 8. The molecule has 0 amide bonds. The zero-order valence-corrected chi connectivity index (χ0v) is 19.5. The van der Waals surface area contributed by atoms with Gasteiger partial charge < -0.3 is 20.4 Å². The molecule has 4 rings (SSSR count). The summed E-state index contributed by atoms with van der Waals surface area (Å²) in [7, 11) is 0. The average molecular weight is 445 g/mol. The highest BCUT2D eigenvalue weighted by molar-refractivity contribution is 5.38. The van der Waals surface area contributed by atoms with Crippen molar-refractivity contribution in [2.75, 3.05) is 49.1 Å². The molecule has 4 heterocycles. The van der Waals surface area contributed by atoms with Crippen LogP contribution in [0.3, 0.4) is 0 Å². The summed E-state index contributed by atoms with van der Waals surface area (Å²) in [5, 5.41) is 6.97. The van der Waals surface area contributed by atoms with Gasteiger partial charge in [-0.25, -0.2) is 19.6 Å². The molecule has 2 aliphatic rings. The number of aromatic nitrogens is 4. The Hall–Kier alpha value is -2.72. The number of aromatic amines is 2. The molecule has 2 aromatic rings. The van der Waals surface area contributed by atoms with E-state index in [1.807, 2.05) is 12.1 Å². The van der Waals surface area contributed by atoms with Gasteiger partial charge in [0.2, 0.25) is 0 Å². The van der Waals surface area contributed by atoms with E-state index in [0.717, 1.165) is 50.9 Å². The van der Waals surface area contributed by atoms with Crippen LogP contribution in [0.2, 0.25) is 0 Å². The van der Waals surface area contributed by atoms with Gasteiger partial charge >= 0.3 is 11.4 Å². The first-order chi connectivity index (χ1) is 15.3. The van der Waals surface area contributed by atoms with Crippen molar-refractivity contribution < 1.29 is 0 Å². The molecule has 176 valence electrons. The van der Waals surface area contributed by atoms with E-state index < -0.39 is 0 Å². The van der Waals surface area contributed by atoms with Crippen LogP contribution < -0.4 is 31.8 Å². The molecule has 2 saturated heterocycles. The lowest BCUT2D eigenvalue weighted by Gasteiger charge is -2.36. The second-order valence-corrected chi connectivity index (χ2v) is 9.02. The summed E-state index contributed by atoms with van der Waals surface area (Å²) in [5.74, 6) is 2.92. The van der Waals surface area contributed by atoms with E-state index in [4.69, 9.17) is 0 Å². The fourth-order valence-corrected chi connectivity index (χ4v) is 3.97. The predicted molar refractivity (Wildman–Crippen MR) is 127 cm³/mol. The van der Waals surface area contributed by atoms with Crippen LogP contribution in [0.25, 0.3) is 0 Å². The zero-order valence-electron chi connectivity index (χ0n) is 19.5. The Morgan fingerprint density at radius 3 is 1.53 bits per heavy atom. The number of anilines is 2. The van der Waals surface area contributed by atoms with Gasteiger partial charge in [-0.05, 0) is 24.0 Å². The van der Waals surface area contributed by atoms with Crippen LogP contribution in [0.5, 0.6) is 0 Å². The highest BCUT2D eigenvalue weighted by Gasteiger charge is 2.23. The van der Waals surface area contributed by atoms with Gasteiger partial charge in [-0.1, -0.05) is 27.7 Å². The maximum Gasteiger partial charge on any atom is 0.346 e. The minimum absolute atomic E-state index is 0.280. The average Bonchev–Trinajstić information content (AvgIpc) is 2.80. The van der Waals surface area contributed by atoms with Gasteiger partial charge in [0.1, 0.15) is 11.6 Å². The van der Waals surface area contributed by atoms with Gasteiger partial charge in [-0.3, -0.25) is 9.97 Å². The normalized spacial score (nSPS) is 21.4. The molecule has 4 N–H and O–H groups in total. The Balaban J connectivity index is 0.000000181. The Morgan fingerprint density at radius 1 is 0.781 bits per heavy atom. The van der Waals surface area contributed by atoms with Crippen LogP contribution in [-0.4, -0.2) is 71.3 Å². The minimum atomic E-state index is -0.280. The van der Waals surface area contributed by atoms with Crippen LogP contribution >= 0.6 is 0 Å². The van der Waals surface area contributed by atoms with Gasteiger partial charge in [0.15, 0.2) is 0 Å². The summed E-state index contributed by atoms with van der Waals surface area (Å²) in [5.41, 5.74) is -0.561. The lowest BCUT2D eigenvalue weighted by Crippen LogP contribution is -2.53. The molecule has 0 spiro atoms. The van der Waals surface area contributed by atoms with E-state index >= 15 is 0 Å². The van der Waals surface area contributed by atoms with Gasteiger partial charge in [0.25, 0.3) is 0 Å². The summed E-state index contributed by atoms with van der Waals surface area (Å²) in [4.78, 5) is 39.5. The molecule has 0 saturated carbocycles. The fraction of sp³-hybridized carbons (Fsp3) is 0.636. The molecule has 0 bridgehead atoms. The number of nitrogens with zero attached hydrogens (tertiary/aromatic N) is 4. The molecule has 0 aliphatic carbocycles. The Morgan fingerprint density at radius 2 is 1.19 bits per heavy atom. The van der Waals surface area contributed by atoms with E-state index in [2.05, 4.69) is 68.1 Å². The molecule has 2 aromatic heterocycles. The van der Waals surface area contributed by atoms with Gasteiger partial charge in [-0.2, -0.15) is 0 Å². The zero-order chi connectivity index (χ0) is 23.1. The number of hydrogen-bond donors (Lipinski definition) is 4. The van der Waals surface area contributed by atoms with Gasteiger partial charge in [0.05, 0.1) is 0 Å². The molecule has 0 aromatic carbocycles. The van der Waals surface area contributed by atoms with Crippen LogP contribution in [0.4, 0.5) is 11.6 Å². The first-order valence-corrected chi connectivity index (χ1v) is 11.4. The smallest absolute Gasteiger partial charge is 0.346 e. The molecule has 2 unspecified atom stereocenters. The second-order valence-electron chi connectivity index (χ2n) is 9.02. The van der Waals surface area contributed by atoms with Crippen LogP contribution in [-0.2, 0) is 0 Å². The van der Waals surface area contributed by atoms with E-state index in [-0.39, 0.29) is 11.4 Å². The third-order valence-electron chi connectivity index (χ3n) is 6.02. The molecule has 2 atom stereocenters. The molecule has 0 radical (unpaired) electrons. The Kier molecular flexibility index (Phi) is 8.40. The SMILES string of the molecule is CC(C)C1CN(c2ccnc(=O)[nH]2)CCN1.CC(C)C1CN(c2ccnc(=O)[nH]2)CCN1. The first kappa shape index (κ1) is 23.9. The predicted octanol–water partition coefficient (Wildman–Crippen LogP) is 0.408. The minimum Gasteiger partial charge on any atom is -0.355 e. The second kappa shape index (κ2) is 11.2. The molecule has 10 nitrogen and oxygen atoms in total. The first-order valence-electron chi connectivity index (χ1n) is 11.4. The summed E-state index contributed by atoms with van der Waals surface area (Å²) >= 11 is 0. The molecule has 2 aliphatic heterocycles. The van der Waals surface area contributed by atoms with Gasteiger partial charge in [-0.15, -0.1) is 0 Å². The summed E-state index contributed by atoms with van der Waals surface area (Å²) in [6.07, 6.45) is 3.11. The van der Waals surface area contributed by atoms with Crippen molar-refractivity contribution in [2.45, 2.75) is 39.8 Å². The third kappa shape index (κ3) is 6.64. The van der Waals surface area contributed by atoms with Crippen molar-refractivity contribution in [3.63, 3.8) is 0 Å². The van der Waals surface area contributed by atoms with Crippen LogP contribution in [0, 0.1) is 11.8 Å². The standard InChI is InChI=1S/2C11H18N4O/c2*1-8(2)9-7-15(6-5-12-9)10-3-4-13-11(16)14-10/h2*3-4,8-9,12H,5-7H2,1-2H3,(H,13,14,16). The highest BCUT2D eigenvalue weighted by atomic mass is 16.1. The molecular formula is C22H36N8O2. The number of rotatable bonds is 4. The fourth-order valence-electron chi connectivity index (χ4n) is 3.97. The molecule has 2 fully saturated rings. The van der Waals surface area contributed by atoms with E-state index in [0.29, 0.717) is 23.9 Å². The highest BCUT2D eigenvalue weighted by Crippen LogP contribution is 2.15. The summed E-state index contributed by atoms with van der Waals surface area (Å²) in [6, 6.07) is 4.66. The number of H-pyrrole nitrogens is 2. The van der Waals surface area contributed by atoms with E-state index in [1.165, 1.54) is 0 Å². The van der Waals surface area contributed by atoms with Crippen molar-refractivity contribution in [2.24, 2.45) is 11.8 Å². The van der Waals surface area contributed by atoms with Crippen LogP contribution in [0.1, 0.15) is 27.7 Å². The third-order valence-corrected chi connectivity index (χ3v) is 6.02. The van der Waals surface area contributed by atoms with Gasteiger partial charge in [0, 0.05) is 63.7 Å². The quantitative estimate of drug-likeness (QED) is 0.535. The Bertz CT molecular complexity index is 879. The topological polar surface area (TPSA) is 122 Å². The maximum absolute atomic E-state index is 11.1. The summed E-state index contributed by atoms with van der Waals surface area (Å²) in [6.45, 7) is 14.4. The number of nitrogens with one attached hydrogen (secondary N) is 4. The lowest BCUT2D eigenvalue weighted by atomic mass is 10.0. The lowest BCUT2D eigenvalue weighted by molar-refractivity contribution is 0.367. The monoisotopic (exact) mass is 444 g/mol. The van der Waals surface area contributed by atoms with E-state index in [9.17, 15) is 9.59 Å². The molecule has 32 heavy (non-hydrogen) atoms. The van der Waals surface area contributed by atoms with Crippen LogP contribution in [0.15, 0.2) is 34.1 Å². The summed E-state index contributed by atoms with van der Waals surface area (Å²) < 4.78 is 0. The molecule has 10 heteroatoms. The largest absolute Gasteiger partial charge is 0.355 e. The van der Waals surface area contributed by atoms with Crippen molar-refractivity contribution in [3.05, 3.63) is 45.5 Å². The maximum atomic E-state index is 11.1. The van der Waals surface area contributed by atoms with E-state index in [1.54, 1.807) is 12.4 Å². The Labute approximate surface area is 188 Å². The van der Waals surface area contributed by atoms with Crippen molar-refractivity contribution >= 4 is 11.6 Å². The van der Waals surface area contributed by atoms with Crippen molar-refractivity contribution in [3.8, 4) is 0 Å². The van der Waals surface area contributed by atoms with Crippen molar-refractivity contribution in [1.29, 1.82) is 0 Å². The van der Waals surface area contributed by atoms with Crippen molar-refractivity contribution in [1.82, 2.24) is 30.6 Å². The number of piperazine rings is 2. The molecular weight excluding hydrogens is 408 g/mol.